The first kappa shape index (κ1) is 24.0. The van der Waals surface area contributed by atoms with Crippen LogP contribution in [-0.2, 0) is 21.7 Å². The van der Waals surface area contributed by atoms with E-state index in [1.54, 1.807) is 23.5 Å². The Kier molecular flexibility index (Phi) is 6.70. The van der Waals surface area contributed by atoms with Crippen LogP contribution < -0.4 is 4.90 Å². The molecule has 3 aromatic rings. The van der Waals surface area contributed by atoms with Crippen molar-refractivity contribution in [1.29, 1.82) is 0 Å². The van der Waals surface area contributed by atoms with Crippen molar-refractivity contribution in [2.24, 2.45) is 0 Å². The van der Waals surface area contributed by atoms with Crippen LogP contribution in [0.15, 0.2) is 52.7 Å². The Morgan fingerprint density at radius 3 is 2.18 bits per heavy atom. The SMILES string of the molecule is Cc1cc(C)cc(Cc2csc(N3CCC(S(=O)(=O)c4ccc(C(C)(C)C)cc4)CC3)n2)c1. The number of thiazole rings is 1. The molecule has 6 heteroatoms. The Labute approximate surface area is 202 Å². The number of hydrogen-bond donors (Lipinski definition) is 0. The fourth-order valence-corrected chi connectivity index (χ4v) is 7.21. The molecule has 2 heterocycles. The van der Waals surface area contributed by atoms with Gasteiger partial charge >= 0.3 is 0 Å². The molecule has 176 valence electrons. The van der Waals surface area contributed by atoms with Crippen molar-refractivity contribution in [3.63, 3.8) is 0 Å². The number of sulfone groups is 1. The lowest BCUT2D eigenvalue weighted by molar-refractivity contribution is 0.529. The summed E-state index contributed by atoms with van der Waals surface area (Å²) in [5, 5.41) is 2.80. The summed E-state index contributed by atoms with van der Waals surface area (Å²) in [4.78, 5) is 7.55. The Morgan fingerprint density at radius 1 is 1.00 bits per heavy atom. The largest absolute Gasteiger partial charge is 0.348 e. The maximum absolute atomic E-state index is 13.2. The minimum absolute atomic E-state index is 0.0123. The quantitative estimate of drug-likeness (QED) is 0.441. The third-order valence-corrected chi connectivity index (χ3v) is 9.64. The number of anilines is 1. The number of nitrogens with zero attached hydrogens (tertiary/aromatic N) is 2. The van der Waals surface area contributed by atoms with Crippen LogP contribution in [0.25, 0.3) is 0 Å². The Balaban J connectivity index is 1.39. The highest BCUT2D eigenvalue weighted by atomic mass is 32.2. The number of hydrogen-bond acceptors (Lipinski definition) is 5. The molecule has 0 unspecified atom stereocenters. The molecule has 4 rings (SSSR count). The van der Waals surface area contributed by atoms with Gasteiger partial charge in [0.25, 0.3) is 0 Å². The zero-order valence-corrected chi connectivity index (χ0v) is 21.9. The number of benzene rings is 2. The third-order valence-electron chi connectivity index (χ3n) is 6.41. The first-order valence-corrected chi connectivity index (χ1v) is 14.1. The molecule has 0 spiro atoms. The van der Waals surface area contributed by atoms with E-state index in [4.69, 9.17) is 4.98 Å². The highest BCUT2D eigenvalue weighted by Crippen LogP contribution is 2.31. The number of aryl methyl sites for hydroxylation is 2. The van der Waals surface area contributed by atoms with Gasteiger partial charge in [0.2, 0.25) is 0 Å². The van der Waals surface area contributed by atoms with Gasteiger partial charge < -0.3 is 4.90 Å². The summed E-state index contributed by atoms with van der Waals surface area (Å²) in [6.45, 7) is 12.1. The lowest BCUT2D eigenvalue weighted by Gasteiger charge is -2.31. The monoisotopic (exact) mass is 482 g/mol. The molecule has 1 fully saturated rings. The average Bonchev–Trinajstić information content (AvgIpc) is 3.21. The average molecular weight is 483 g/mol. The summed E-state index contributed by atoms with van der Waals surface area (Å²) in [5.74, 6) is 0. The molecule has 2 aromatic carbocycles. The minimum atomic E-state index is -3.32. The second-order valence-electron chi connectivity index (χ2n) is 10.3. The van der Waals surface area contributed by atoms with Crippen LogP contribution in [-0.4, -0.2) is 31.7 Å². The third kappa shape index (κ3) is 5.49. The van der Waals surface area contributed by atoms with Crippen molar-refractivity contribution in [1.82, 2.24) is 4.98 Å². The van der Waals surface area contributed by atoms with Gasteiger partial charge in [-0.25, -0.2) is 13.4 Å². The van der Waals surface area contributed by atoms with E-state index in [1.165, 1.54) is 16.7 Å². The van der Waals surface area contributed by atoms with Gasteiger partial charge in [0.15, 0.2) is 15.0 Å². The smallest absolute Gasteiger partial charge is 0.185 e. The van der Waals surface area contributed by atoms with Crippen molar-refractivity contribution in [2.45, 2.75) is 69.4 Å². The Morgan fingerprint density at radius 2 is 1.61 bits per heavy atom. The predicted octanol–water partition coefficient (Wildman–Crippen LogP) is 6.09. The summed E-state index contributed by atoms with van der Waals surface area (Å²) in [5.41, 5.74) is 6.07. The van der Waals surface area contributed by atoms with Crippen molar-refractivity contribution in [3.8, 4) is 0 Å². The molecular weight excluding hydrogens is 448 g/mol. The normalized spacial score (nSPS) is 15.7. The molecule has 0 aliphatic carbocycles. The summed E-state index contributed by atoms with van der Waals surface area (Å²) < 4.78 is 26.4. The number of piperidine rings is 1. The zero-order valence-electron chi connectivity index (χ0n) is 20.3. The predicted molar refractivity (Wildman–Crippen MR) is 138 cm³/mol. The highest BCUT2D eigenvalue weighted by molar-refractivity contribution is 7.92. The summed E-state index contributed by atoms with van der Waals surface area (Å²) in [6, 6.07) is 14.1. The molecular formula is C27H34N2O2S2. The van der Waals surface area contributed by atoms with Crippen LogP contribution in [0.3, 0.4) is 0 Å². The lowest BCUT2D eigenvalue weighted by atomic mass is 9.87. The standard InChI is InChI=1S/C27H34N2O2S2/c1-19-14-20(2)16-21(15-19)17-23-18-32-26(28-23)29-12-10-25(11-13-29)33(30,31)24-8-6-22(7-9-24)27(3,4)5/h6-9,14-16,18,25H,10-13,17H2,1-5H3. The second kappa shape index (κ2) is 9.22. The fourth-order valence-electron chi connectivity index (χ4n) is 4.60. The zero-order chi connectivity index (χ0) is 23.8. The van der Waals surface area contributed by atoms with E-state index in [-0.39, 0.29) is 10.7 Å². The van der Waals surface area contributed by atoms with Gasteiger partial charge in [0, 0.05) is 24.9 Å². The second-order valence-corrected chi connectivity index (χ2v) is 13.4. The molecule has 4 nitrogen and oxygen atoms in total. The topological polar surface area (TPSA) is 50.3 Å². The van der Waals surface area contributed by atoms with Gasteiger partial charge in [-0.05, 0) is 55.4 Å². The molecule has 1 saturated heterocycles. The minimum Gasteiger partial charge on any atom is -0.348 e. The van der Waals surface area contributed by atoms with E-state index in [0.717, 1.165) is 35.9 Å². The summed E-state index contributed by atoms with van der Waals surface area (Å²) in [6.07, 6.45) is 2.10. The van der Waals surface area contributed by atoms with Crippen molar-refractivity contribution in [2.75, 3.05) is 18.0 Å². The molecule has 0 radical (unpaired) electrons. The van der Waals surface area contributed by atoms with E-state index in [0.29, 0.717) is 17.7 Å². The molecule has 1 aliphatic heterocycles. The van der Waals surface area contributed by atoms with Crippen LogP contribution in [0.5, 0.6) is 0 Å². The Bertz CT molecular complexity index is 1190. The lowest BCUT2D eigenvalue weighted by Crippen LogP contribution is -2.39. The van der Waals surface area contributed by atoms with E-state index in [2.05, 4.69) is 63.1 Å². The van der Waals surface area contributed by atoms with E-state index < -0.39 is 9.84 Å². The first-order valence-electron chi connectivity index (χ1n) is 11.6. The van der Waals surface area contributed by atoms with Gasteiger partial charge in [-0.2, -0.15) is 0 Å². The molecule has 0 saturated carbocycles. The number of aromatic nitrogens is 1. The molecule has 0 bridgehead atoms. The van der Waals surface area contributed by atoms with Gasteiger partial charge in [-0.15, -0.1) is 11.3 Å². The van der Waals surface area contributed by atoms with Crippen LogP contribution in [0, 0.1) is 13.8 Å². The van der Waals surface area contributed by atoms with E-state index in [9.17, 15) is 8.42 Å². The molecule has 1 aliphatic rings. The van der Waals surface area contributed by atoms with E-state index in [1.807, 2.05) is 12.1 Å². The van der Waals surface area contributed by atoms with Gasteiger partial charge in [-0.1, -0.05) is 62.2 Å². The van der Waals surface area contributed by atoms with Crippen molar-refractivity contribution >= 4 is 26.3 Å². The van der Waals surface area contributed by atoms with Gasteiger partial charge in [-0.3, -0.25) is 0 Å². The van der Waals surface area contributed by atoms with Crippen LogP contribution in [0.4, 0.5) is 5.13 Å². The van der Waals surface area contributed by atoms with Crippen LogP contribution in [0.2, 0.25) is 0 Å². The van der Waals surface area contributed by atoms with Crippen molar-refractivity contribution < 1.29 is 8.42 Å². The maximum atomic E-state index is 13.2. The number of rotatable bonds is 5. The van der Waals surface area contributed by atoms with Gasteiger partial charge in [0.05, 0.1) is 15.8 Å². The fraction of sp³-hybridized carbons (Fsp3) is 0.444. The molecule has 33 heavy (non-hydrogen) atoms. The highest BCUT2D eigenvalue weighted by Gasteiger charge is 2.32. The molecule has 0 atom stereocenters. The van der Waals surface area contributed by atoms with E-state index >= 15 is 0 Å². The van der Waals surface area contributed by atoms with Crippen LogP contribution >= 0.6 is 11.3 Å². The molecule has 1 aromatic heterocycles. The Hall–Kier alpha value is -2.18. The van der Waals surface area contributed by atoms with Crippen molar-refractivity contribution in [3.05, 3.63) is 75.8 Å². The maximum Gasteiger partial charge on any atom is 0.185 e. The van der Waals surface area contributed by atoms with Crippen LogP contribution in [0.1, 0.15) is 61.6 Å². The summed E-state index contributed by atoms with van der Waals surface area (Å²) >= 11 is 1.66. The first-order chi connectivity index (χ1) is 15.5. The summed E-state index contributed by atoms with van der Waals surface area (Å²) in [7, 11) is -3.32. The molecule has 0 amide bonds. The molecule has 0 N–H and O–H groups in total. The van der Waals surface area contributed by atoms with Gasteiger partial charge in [0.1, 0.15) is 0 Å².